The van der Waals surface area contributed by atoms with Gasteiger partial charge in [0.25, 0.3) is 5.91 Å². The minimum absolute atomic E-state index is 0.0264. The first-order valence-corrected chi connectivity index (χ1v) is 13.1. The lowest BCUT2D eigenvalue weighted by molar-refractivity contribution is 0.0694. The first-order chi connectivity index (χ1) is 13.6. The van der Waals surface area contributed by atoms with Crippen molar-refractivity contribution in [1.29, 1.82) is 0 Å². The van der Waals surface area contributed by atoms with E-state index in [-0.39, 0.29) is 30.2 Å². The van der Waals surface area contributed by atoms with Crippen LogP contribution in [0.15, 0.2) is 23.1 Å². The molecule has 0 aliphatic carbocycles. The highest BCUT2D eigenvalue weighted by molar-refractivity contribution is 7.91. The Kier molecular flexibility index (Phi) is 7.80. The van der Waals surface area contributed by atoms with Gasteiger partial charge in [0.05, 0.1) is 11.5 Å². The summed E-state index contributed by atoms with van der Waals surface area (Å²) < 4.78 is 64.7. The van der Waals surface area contributed by atoms with Crippen molar-refractivity contribution in [3.05, 3.63) is 29.6 Å². The minimum Gasteiger partial charge on any atom is -0.335 e. The summed E-state index contributed by atoms with van der Waals surface area (Å²) in [7, 11) is -7.27. The minimum atomic E-state index is -4.08. The first-order valence-electron chi connectivity index (χ1n) is 9.88. The summed E-state index contributed by atoms with van der Waals surface area (Å²) in [6, 6.07) is 2.84. The van der Waals surface area contributed by atoms with E-state index in [0.29, 0.717) is 19.4 Å². The number of nitrogens with zero attached hydrogens (tertiary/aromatic N) is 2. The molecule has 0 aromatic heterocycles. The summed E-state index contributed by atoms with van der Waals surface area (Å²) in [5.74, 6) is -1.47. The molecule has 1 aromatic rings. The predicted molar refractivity (Wildman–Crippen MR) is 110 cm³/mol. The van der Waals surface area contributed by atoms with Crippen LogP contribution in [0.5, 0.6) is 0 Å². The van der Waals surface area contributed by atoms with Gasteiger partial charge in [-0.3, -0.25) is 4.79 Å². The maximum absolute atomic E-state index is 14.4. The molecule has 0 N–H and O–H groups in total. The molecule has 0 spiro atoms. The summed E-state index contributed by atoms with van der Waals surface area (Å²) in [5.41, 5.74) is 0.0394. The average molecular weight is 449 g/mol. The molecule has 29 heavy (non-hydrogen) atoms. The van der Waals surface area contributed by atoms with Crippen molar-refractivity contribution in [2.24, 2.45) is 0 Å². The maximum Gasteiger partial charge on any atom is 0.254 e. The zero-order chi connectivity index (χ0) is 21.8. The Morgan fingerprint density at radius 2 is 1.86 bits per heavy atom. The van der Waals surface area contributed by atoms with E-state index in [9.17, 15) is 26.0 Å². The zero-order valence-electron chi connectivity index (χ0n) is 17.1. The van der Waals surface area contributed by atoms with E-state index in [1.807, 2.05) is 6.92 Å². The lowest BCUT2D eigenvalue weighted by Crippen LogP contribution is -2.42. The summed E-state index contributed by atoms with van der Waals surface area (Å²) >= 11 is 0. The van der Waals surface area contributed by atoms with Gasteiger partial charge in [-0.05, 0) is 31.0 Å². The van der Waals surface area contributed by atoms with Gasteiger partial charge in [-0.25, -0.2) is 21.2 Å². The smallest absolute Gasteiger partial charge is 0.254 e. The summed E-state index contributed by atoms with van der Waals surface area (Å²) in [6.07, 6.45) is 1.85. The number of sulfone groups is 1. The third kappa shape index (κ3) is 5.35. The second kappa shape index (κ2) is 9.53. The van der Waals surface area contributed by atoms with Crippen LogP contribution in [0.25, 0.3) is 0 Å². The second-order valence-electron chi connectivity index (χ2n) is 7.14. The Labute approximate surface area is 172 Å². The largest absolute Gasteiger partial charge is 0.335 e. The molecule has 0 saturated carbocycles. The molecule has 7 nitrogen and oxygen atoms in total. The lowest BCUT2D eigenvalue weighted by atomic mass is 10.1. The fourth-order valence-electron chi connectivity index (χ4n) is 3.50. The van der Waals surface area contributed by atoms with Crippen LogP contribution in [0.2, 0.25) is 0 Å². The van der Waals surface area contributed by atoms with Crippen LogP contribution in [0.1, 0.15) is 50.4 Å². The highest BCUT2D eigenvalue weighted by atomic mass is 32.2. The number of hydrogen-bond donors (Lipinski definition) is 0. The van der Waals surface area contributed by atoms with Crippen LogP contribution in [-0.2, 0) is 19.9 Å². The molecular formula is C19H29FN2O5S2. The second-order valence-corrected chi connectivity index (χ2v) is 11.3. The van der Waals surface area contributed by atoms with E-state index in [1.54, 1.807) is 13.8 Å². The summed E-state index contributed by atoms with van der Waals surface area (Å²) in [5, 5.41) is 0. The molecule has 1 unspecified atom stereocenters. The van der Waals surface area contributed by atoms with Gasteiger partial charge >= 0.3 is 0 Å². The Hall–Kier alpha value is -1.52. The van der Waals surface area contributed by atoms with Crippen molar-refractivity contribution in [3.8, 4) is 0 Å². The number of carbonyl (C=O) groups is 1. The van der Waals surface area contributed by atoms with Crippen molar-refractivity contribution in [3.63, 3.8) is 0 Å². The normalized spacial score (nSPS) is 18.9. The maximum atomic E-state index is 14.4. The van der Waals surface area contributed by atoms with E-state index < -0.39 is 42.5 Å². The number of halogens is 1. The van der Waals surface area contributed by atoms with E-state index >= 15 is 0 Å². The van der Waals surface area contributed by atoms with E-state index in [1.165, 1.54) is 11.0 Å². The van der Waals surface area contributed by atoms with E-state index in [0.717, 1.165) is 22.9 Å². The van der Waals surface area contributed by atoms with Crippen LogP contribution >= 0.6 is 0 Å². The number of carbonyl (C=O) groups excluding carboxylic acids is 1. The Morgan fingerprint density at radius 3 is 2.38 bits per heavy atom. The number of amides is 1. The summed E-state index contributed by atoms with van der Waals surface area (Å²) in [4.78, 5) is 14.1. The van der Waals surface area contributed by atoms with Crippen LogP contribution in [-0.4, -0.2) is 69.1 Å². The monoisotopic (exact) mass is 448 g/mol. The van der Waals surface area contributed by atoms with Crippen molar-refractivity contribution in [1.82, 2.24) is 9.21 Å². The third-order valence-corrected chi connectivity index (χ3v) is 8.98. The van der Waals surface area contributed by atoms with Crippen LogP contribution in [0.4, 0.5) is 4.39 Å². The molecule has 1 aliphatic rings. The van der Waals surface area contributed by atoms with Crippen LogP contribution in [0, 0.1) is 5.82 Å². The molecule has 2 rings (SSSR count). The molecule has 1 aliphatic heterocycles. The van der Waals surface area contributed by atoms with E-state index in [2.05, 4.69) is 0 Å². The molecule has 1 atom stereocenters. The third-order valence-electron chi connectivity index (χ3n) is 5.16. The van der Waals surface area contributed by atoms with Crippen molar-refractivity contribution in [2.75, 3.05) is 31.1 Å². The molecule has 10 heteroatoms. The predicted octanol–water partition coefficient (Wildman–Crippen LogP) is 2.29. The number of sulfonamides is 1. The van der Waals surface area contributed by atoms with Gasteiger partial charge in [-0.1, -0.05) is 27.2 Å². The number of hydrogen-bond acceptors (Lipinski definition) is 5. The van der Waals surface area contributed by atoms with Crippen LogP contribution < -0.4 is 0 Å². The molecule has 1 saturated heterocycles. The number of rotatable bonds is 9. The number of benzene rings is 1. The molecule has 0 bridgehead atoms. The van der Waals surface area contributed by atoms with Gasteiger partial charge < -0.3 is 4.90 Å². The van der Waals surface area contributed by atoms with Gasteiger partial charge in [0.2, 0.25) is 10.0 Å². The summed E-state index contributed by atoms with van der Waals surface area (Å²) in [6.45, 7) is 5.99. The van der Waals surface area contributed by atoms with Gasteiger partial charge in [-0.2, -0.15) is 4.31 Å². The molecule has 1 aromatic carbocycles. The average Bonchev–Trinajstić information content (AvgIpc) is 3.02. The lowest BCUT2D eigenvalue weighted by Gasteiger charge is -2.28. The molecule has 1 amide bonds. The fraction of sp³-hybridized carbons (Fsp3) is 0.632. The Bertz CT molecular complexity index is 943. The van der Waals surface area contributed by atoms with Crippen molar-refractivity contribution < 1.29 is 26.0 Å². The quantitative estimate of drug-likeness (QED) is 0.578. The fourth-order valence-corrected chi connectivity index (χ4v) is 6.78. The molecule has 1 heterocycles. The highest BCUT2D eigenvalue weighted by Crippen LogP contribution is 2.24. The van der Waals surface area contributed by atoms with Crippen molar-refractivity contribution >= 4 is 25.8 Å². The molecule has 0 radical (unpaired) electrons. The highest BCUT2D eigenvalue weighted by Gasteiger charge is 2.35. The van der Waals surface area contributed by atoms with E-state index in [4.69, 9.17) is 0 Å². The zero-order valence-corrected chi connectivity index (χ0v) is 18.7. The molecule has 1 fully saturated rings. The molecule has 164 valence electrons. The first kappa shape index (κ1) is 23.8. The standard InChI is InChI=1S/C19H29FN2O5S2/c1-4-7-11-22(16-10-12-28(24,25)14-16)19(23)15-8-9-17(20)18(13-15)29(26,27)21(5-2)6-3/h8-9,13,16H,4-7,10-12,14H2,1-3H3. The van der Waals surface area contributed by atoms with Gasteiger partial charge in [-0.15, -0.1) is 0 Å². The van der Waals surface area contributed by atoms with Crippen LogP contribution in [0.3, 0.4) is 0 Å². The van der Waals surface area contributed by atoms with Gasteiger partial charge in [0, 0.05) is 31.2 Å². The molecular weight excluding hydrogens is 419 g/mol. The van der Waals surface area contributed by atoms with Gasteiger partial charge in [0.1, 0.15) is 10.7 Å². The Balaban J connectivity index is 2.42. The number of unbranched alkanes of at least 4 members (excludes halogenated alkanes) is 1. The topological polar surface area (TPSA) is 91.8 Å². The Morgan fingerprint density at radius 1 is 1.21 bits per heavy atom. The van der Waals surface area contributed by atoms with Crippen molar-refractivity contribution in [2.45, 2.75) is 51.0 Å². The SMILES string of the molecule is CCCCN(C(=O)c1ccc(F)c(S(=O)(=O)N(CC)CC)c1)C1CCS(=O)(=O)C1. The van der Waals surface area contributed by atoms with Gasteiger partial charge in [0.15, 0.2) is 9.84 Å².